The second-order valence-corrected chi connectivity index (χ2v) is 9.12. The summed E-state index contributed by atoms with van der Waals surface area (Å²) >= 11 is 0. The van der Waals surface area contributed by atoms with Gasteiger partial charge in [0.15, 0.2) is 0 Å². The van der Waals surface area contributed by atoms with Gasteiger partial charge >= 0.3 is 0 Å². The maximum absolute atomic E-state index is 12.8. The summed E-state index contributed by atoms with van der Waals surface area (Å²) in [5, 5.41) is 9.69. The SMILES string of the molecule is COc1ccc2c(c1)[C@@H]([C@H](C)CO)C[C@@H](NS(=O)(=O)c1ccc(C)cc1)C2. The van der Waals surface area contributed by atoms with Gasteiger partial charge in [-0.15, -0.1) is 0 Å². The van der Waals surface area contributed by atoms with E-state index < -0.39 is 10.0 Å². The lowest BCUT2D eigenvalue weighted by Crippen LogP contribution is -2.41. The second kappa shape index (κ2) is 8.00. The molecule has 0 radical (unpaired) electrons. The number of hydrogen-bond donors (Lipinski definition) is 2. The van der Waals surface area contributed by atoms with Crippen molar-refractivity contribution in [2.75, 3.05) is 13.7 Å². The topological polar surface area (TPSA) is 75.6 Å². The van der Waals surface area contributed by atoms with E-state index in [0.717, 1.165) is 22.4 Å². The molecular weight excluding hydrogens is 362 g/mol. The van der Waals surface area contributed by atoms with Gasteiger partial charge in [0.1, 0.15) is 5.75 Å². The molecule has 1 aliphatic rings. The van der Waals surface area contributed by atoms with Crippen molar-refractivity contribution >= 4 is 10.0 Å². The minimum absolute atomic E-state index is 0.0301. The molecule has 146 valence electrons. The summed E-state index contributed by atoms with van der Waals surface area (Å²) < 4.78 is 33.8. The zero-order valence-corrected chi connectivity index (χ0v) is 16.8. The normalized spacial score (nSPS) is 20.7. The van der Waals surface area contributed by atoms with Crippen LogP contribution in [0.2, 0.25) is 0 Å². The van der Waals surface area contributed by atoms with Gasteiger partial charge in [0, 0.05) is 12.6 Å². The summed E-state index contributed by atoms with van der Waals surface area (Å²) in [5.74, 6) is 0.879. The summed E-state index contributed by atoms with van der Waals surface area (Å²) in [6.07, 6.45) is 1.27. The molecule has 3 rings (SSSR count). The van der Waals surface area contributed by atoms with Crippen molar-refractivity contribution in [2.45, 2.75) is 43.5 Å². The molecule has 2 aromatic rings. The first-order valence-corrected chi connectivity index (χ1v) is 10.7. The Kier molecular flexibility index (Phi) is 5.89. The number of benzene rings is 2. The first kappa shape index (κ1) is 19.9. The summed E-state index contributed by atoms with van der Waals surface area (Å²) in [6.45, 7) is 3.97. The minimum atomic E-state index is -3.59. The van der Waals surface area contributed by atoms with Crippen LogP contribution in [0.5, 0.6) is 5.75 Å². The summed E-state index contributed by atoms with van der Waals surface area (Å²) in [7, 11) is -1.95. The van der Waals surface area contributed by atoms with E-state index >= 15 is 0 Å². The van der Waals surface area contributed by atoms with E-state index in [0.29, 0.717) is 12.8 Å². The third-order valence-corrected chi connectivity index (χ3v) is 6.92. The van der Waals surface area contributed by atoms with E-state index in [2.05, 4.69) is 4.72 Å². The van der Waals surface area contributed by atoms with E-state index in [1.54, 1.807) is 31.4 Å². The van der Waals surface area contributed by atoms with Crippen molar-refractivity contribution in [3.05, 3.63) is 59.2 Å². The van der Waals surface area contributed by atoms with Crippen molar-refractivity contribution in [1.82, 2.24) is 4.72 Å². The van der Waals surface area contributed by atoms with Crippen molar-refractivity contribution in [2.24, 2.45) is 5.92 Å². The van der Waals surface area contributed by atoms with E-state index in [1.807, 2.05) is 32.0 Å². The van der Waals surface area contributed by atoms with Gasteiger partial charge < -0.3 is 9.84 Å². The number of aliphatic hydroxyl groups is 1. The van der Waals surface area contributed by atoms with Crippen LogP contribution in [0.1, 0.15) is 36.0 Å². The smallest absolute Gasteiger partial charge is 0.240 e. The Morgan fingerprint density at radius 1 is 1.22 bits per heavy atom. The van der Waals surface area contributed by atoms with Gasteiger partial charge in [-0.3, -0.25) is 0 Å². The molecule has 6 heteroatoms. The fraction of sp³-hybridized carbons (Fsp3) is 0.429. The van der Waals surface area contributed by atoms with Crippen LogP contribution in [0.25, 0.3) is 0 Å². The molecule has 2 aromatic carbocycles. The number of aliphatic hydroxyl groups excluding tert-OH is 1. The zero-order valence-electron chi connectivity index (χ0n) is 16.0. The number of ether oxygens (including phenoxy) is 1. The van der Waals surface area contributed by atoms with E-state index in [-0.39, 0.29) is 29.4 Å². The van der Waals surface area contributed by atoms with Gasteiger partial charge in [-0.1, -0.05) is 30.7 Å². The van der Waals surface area contributed by atoms with E-state index in [9.17, 15) is 13.5 Å². The van der Waals surface area contributed by atoms with Gasteiger partial charge in [-0.25, -0.2) is 13.1 Å². The predicted molar refractivity (Wildman–Crippen MR) is 106 cm³/mol. The highest BCUT2D eigenvalue weighted by atomic mass is 32.2. The van der Waals surface area contributed by atoms with Gasteiger partial charge in [0.2, 0.25) is 10.0 Å². The molecule has 0 saturated carbocycles. The minimum Gasteiger partial charge on any atom is -0.497 e. The van der Waals surface area contributed by atoms with Gasteiger partial charge in [-0.2, -0.15) is 0 Å². The summed E-state index contributed by atoms with van der Waals surface area (Å²) in [6, 6.07) is 12.6. The Balaban J connectivity index is 1.88. The third-order valence-electron chi connectivity index (χ3n) is 5.39. The highest BCUT2D eigenvalue weighted by Crippen LogP contribution is 2.39. The lowest BCUT2D eigenvalue weighted by atomic mass is 9.75. The highest BCUT2D eigenvalue weighted by Gasteiger charge is 2.33. The van der Waals surface area contributed by atoms with Crippen LogP contribution in [0.3, 0.4) is 0 Å². The number of aryl methyl sites for hydroxylation is 1. The number of methoxy groups -OCH3 is 1. The molecule has 0 heterocycles. The third kappa shape index (κ3) is 4.34. The van der Waals surface area contributed by atoms with Crippen LogP contribution in [0.4, 0.5) is 0 Å². The largest absolute Gasteiger partial charge is 0.497 e. The van der Waals surface area contributed by atoms with E-state index in [4.69, 9.17) is 4.74 Å². The Morgan fingerprint density at radius 2 is 1.93 bits per heavy atom. The average molecular weight is 390 g/mol. The van der Waals surface area contributed by atoms with Crippen molar-refractivity contribution in [3.8, 4) is 5.75 Å². The molecule has 3 atom stereocenters. The van der Waals surface area contributed by atoms with Crippen LogP contribution in [0, 0.1) is 12.8 Å². The standard InChI is InChI=1S/C21H27NO4S/c1-14-4-8-19(9-5-14)27(24,25)22-17-10-16-6-7-18(26-3)12-21(16)20(11-17)15(2)13-23/h4-9,12,15,17,20,22-23H,10-11,13H2,1-3H3/t15-,17+,20-/m1/s1. The Morgan fingerprint density at radius 3 is 2.56 bits per heavy atom. The van der Waals surface area contributed by atoms with Crippen LogP contribution in [-0.2, 0) is 16.4 Å². The molecule has 0 aliphatic heterocycles. The molecule has 1 aliphatic carbocycles. The first-order chi connectivity index (χ1) is 12.8. The zero-order chi connectivity index (χ0) is 19.6. The molecule has 5 nitrogen and oxygen atoms in total. The van der Waals surface area contributed by atoms with Crippen molar-refractivity contribution in [3.63, 3.8) is 0 Å². The summed E-state index contributed by atoms with van der Waals surface area (Å²) in [5.41, 5.74) is 3.26. The Labute approximate surface area is 161 Å². The highest BCUT2D eigenvalue weighted by molar-refractivity contribution is 7.89. The molecule has 27 heavy (non-hydrogen) atoms. The monoisotopic (exact) mass is 389 g/mol. The molecule has 2 N–H and O–H groups in total. The molecule has 0 unspecified atom stereocenters. The maximum atomic E-state index is 12.8. The first-order valence-electron chi connectivity index (χ1n) is 9.20. The number of sulfonamides is 1. The molecule has 0 fully saturated rings. The fourth-order valence-corrected chi connectivity index (χ4v) is 5.02. The fourth-order valence-electron chi connectivity index (χ4n) is 3.77. The second-order valence-electron chi connectivity index (χ2n) is 7.40. The van der Waals surface area contributed by atoms with Gasteiger partial charge in [-0.05, 0) is 67.0 Å². The Hall–Kier alpha value is -1.89. The molecule has 0 amide bonds. The van der Waals surface area contributed by atoms with Crippen molar-refractivity contribution in [1.29, 1.82) is 0 Å². The molecule has 0 aromatic heterocycles. The van der Waals surface area contributed by atoms with Crippen LogP contribution < -0.4 is 9.46 Å². The molecule has 0 spiro atoms. The average Bonchev–Trinajstić information content (AvgIpc) is 2.66. The van der Waals surface area contributed by atoms with E-state index in [1.165, 1.54) is 0 Å². The lowest BCUT2D eigenvalue weighted by Gasteiger charge is -2.35. The molecule has 0 saturated heterocycles. The number of fused-ring (bicyclic) bond motifs is 1. The number of rotatable bonds is 6. The van der Waals surface area contributed by atoms with Gasteiger partial charge in [0.05, 0.1) is 12.0 Å². The molecule has 0 bridgehead atoms. The number of hydrogen-bond acceptors (Lipinski definition) is 4. The van der Waals surface area contributed by atoms with Gasteiger partial charge in [0.25, 0.3) is 0 Å². The Bertz CT molecular complexity index is 893. The quantitative estimate of drug-likeness (QED) is 0.796. The molecular formula is C21H27NO4S. The lowest BCUT2D eigenvalue weighted by molar-refractivity contribution is 0.203. The van der Waals surface area contributed by atoms with Crippen LogP contribution >= 0.6 is 0 Å². The maximum Gasteiger partial charge on any atom is 0.240 e. The summed E-state index contributed by atoms with van der Waals surface area (Å²) in [4.78, 5) is 0.278. The van der Waals surface area contributed by atoms with Crippen LogP contribution in [0.15, 0.2) is 47.4 Å². The number of nitrogens with one attached hydrogen (secondary N) is 1. The van der Waals surface area contributed by atoms with Crippen molar-refractivity contribution < 1.29 is 18.3 Å². The van der Waals surface area contributed by atoms with Crippen LogP contribution in [-0.4, -0.2) is 33.3 Å². The predicted octanol–water partition coefficient (Wildman–Crippen LogP) is 3.01.